The van der Waals surface area contributed by atoms with Crippen molar-refractivity contribution in [2.24, 2.45) is 11.5 Å². The van der Waals surface area contributed by atoms with E-state index in [1.807, 2.05) is 6.07 Å². The van der Waals surface area contributed by atoms with Crippen LogP contribution in [0.2, 0.25) is 0 Å². The summed E-state index contributed by atoms with van der Waals surface area (Å²) in [4.78, 5) is 33.1. The summed E-state index contributed by atoms with van der Waals surface area (Å²) in [5.74, 6) is -0.564. The van der Waals surface area contributed by atoms with Crippen molar-refractivity contribution in [2.45, 2.75) is 18.9 Å². The second-order valence-electron chi connectivity index (χ2n) is 4.65. The zero-order chi connectivity index (χ0) is 15.8. The van der Waals surface area contributed by atoms with Gasteiger partial charge < -0.3 is 21.5 Å². The number of likely N-dealkylation sites (tertiary alicyclic amines) is 1. The number of carbonyl (C=O) groups is 3. The van der Waals surface area contributed by atoms with Crippen molar-refractivity contribution in [1.29, 1.82) is 0 Å². The van der Waals surface area contributed by atoms with Crippen molar-refractivity contribution in [3.05, 3.63) is 35.9 Å². The monoisotopic (exact) mass is 293 g/mol. The van der Waals surface area contributed by atoms with E-state index in [0.717, 1.165) is 4.90 Å². The van der Waals surface area contributed by atoms with Gasteiger partial charge >= 0.3 is 6.09 Å². The molecule has 5 N–H and O–H groups in total. The van der Waals surface area contributed by atoms with E-state index < -0.39 is 12.1 Å². The van der Waals surface area contributed by atoms with Gasteiger partial charge in [0.2, 0.25) is 5.91 Å². The van der Waals surface area contributed by atoms with Gasteiger partial charge in [0.25, 0.3) is 0 Å². The van der Waals surface area contributed by atoms with Gasteiger partial charge in [-0.2, -0.15) is 0 Å². The first-order valence-electron chi connectivity index (χ1n) is 6.53. The van der Waals surface area contributed by atoms with Gasteiger partial charge in [0.05, 0.1) is 12.6 Å². The third kappa shape index (κ3) is 5.62. The molecule has 0 saturated carbocycles. The van der Waals surface area contributed by atoms with Crippen molar-refractivity contribution >= 4 is 17.8 Å². The zero-order valence-electron chi connectivity index (χ0n) is 11.6. The van der Waals surface area contributed by atoms with Crippen LogP contribution in [0.5, 0.6) is 0 Å². The maximum absolute atomic E-state index is 11.1. The molecule has 1 unspecified atom stereocenters. The molecule has 1 aliphatic rings. The lowest BCUT2D eigenvalue weighted by Gasteiger charge is -2.14. The van der Waals surface area contributed by atoms with E-state index in [1.165, 1.54) is 0 Å². The van der Waals surface area contributed by atoms with E-state index in [2.05, 4.69) is 0 Å². The molecule has 1 aromatic carbocycles. The molecule has 1 aliphatic heterocycles. The molecule has 2 rings (SSSR count). The fourth-order valence-corrected chi connectivity index (χ4v) is 1.81. The fraction of sp³-hybridized carbons (Fsp3) is 0.357. The smallest absolute Gasteiger partial charge is 0.407 e. The van der Waals surface area contributed by atoms with E-state index in [4.69, 9.17) is 16.6 Å². The predicted octanol–water partition coefficient (Wildman–Crippen LogP) is 0.442. The van der Waals surface area contributed by atoms with Gasteiger partial charge in [0, 0.05) is 12.1 Å². The van der Waals surface area contributed by atoms with Gasteiger partial charge in [-0.1, -0.05) is 18.2 Å². The Hall–Kier alpha value is -2.41. The molecular formula is C14H19N3O4. The van der Waals surface area contributed by atoms with Crippen molar-refractivity contribution in [3.8, 4) is 0 Å². The predicted molar refractivity (Wildman–Crippen MR) is 76.8 cm³/mol. The maximum atomic E-state index is 11.1. The number of nitrogens with zero attached hydrogens (tertiary/aromatic N) is 1. The molecular weight excluding hydrogens is 274 g/mol. The average molecular weight is 293 g/mol. The Morgan fingerprint density at radius 2 is 1.86 bits per heavy atom. The maximum Gasteiger partial charge on any atom is 0.407 e. The molecule has 0 radical (unpaired) electrons. The highest BCUT2D eigenvalue weighted by molar-refractivity contribution is 5.92. The quantitative estimate of drug-likeness (QED) is 0.692. The molecule has 114 valence electrons. The first kappa shape index (κ1) is 16.6. The third-order valence-corrected chi connectivity index (χ3v) is 3.03. The second-order valence-corrected chi connectivity index (χ2v) is 4.65. The number of primary amides is 1. The number of ketones is 1. The number of carboxylic acid groups (broad SMARTS) is 1. The molecule has 1 heterocycles. The van der Waals surface area contributed by atoms with Crippen LogP contribution < -0.4 is 11.5 Å². The summed E-state index contributed by atoms with van der Waals surface area (Å²) >= 11 is 0. The summed E-state index contributed by atoms with van der Waals surface area (Å²) < 4.78 is 0. The van der Waals surface area contributed by atoms with E-state index in [1.54, 1.807) is 24.3 Å². The molecule has 7 nitrogen and oxygen atoms in total. The standard InChI is InChI=1S/C7H12N2O3.C7H7NO/c8-5-2-1-3-9(7(11)12)4-6(5)10;8-7(9)6-4-2-1-3-5-6/h5H,1-4,8H2,(H,11,12);1-5H,(H2,8,9). The number of carbonyl (C=O) groups excluding carboxylic acids is 2. The summed E-state index contributed by atoms with van der Waals surface area (Å²) in [7, 11) is 0. The molecule has 1 aromatic rings. The Balaban J connectivity index is 0.000000219. The van der Waals surface area contributed by atoms with Crippen LogP contribution in [0.3, 0.4) is 0 Å². The van der Waals surface area contributed by atoms with Crippen LogP contribution in [-0.2, 0) is 4.79 Å². The third-order valence-electron chi connectivity index (χ3n) is 3.03. The summed E-state index contributed by atoms with van der Waals surface area (Å²) in [5.41, 5.74) is 11.0. The lowest BCUT2D eigenvalue weighted by atomic mass is 10.1. The lowest BCUT2D eigenvalue weighted by Crippen LogP contribution is -2.38. The van der Waals surface area contributed by atoms with Gasteiger partial charge in [-0.05, 0) is 25.0 Å². The zero-order valence-corrected chi connectivity index (χ0v) is 11.6. The molecule has 0 spiro atoms. The Bertz CT molecular complexity index is 504. The minimum absolute atomic E-state index is 0.0590. The van der Waals surface area contributed by atoms with Crippen molar-refractivity contribution < 1.29 is 19.5 Å². The van der Waals surface area contributed by atoms with Crippen LogP contribution in [0.1, 0.15) is 23.2 Å². The van der Waals surface area contributed by atoms with Gasteiger partial charge in [0.1, 0.15) is 0 Å². The highest BCUT2D eigenvalue weighted by Crippen LogP contribution is 2.06. The van der Waals surface area contributed by atoms with Gasteiger partial charge in [-0.15, -0.1) is 0 Å². The minimum atomic E-state index is -1.04. The van der Waals surface area contributed by atoms with Crippen LogP contribution in [0, 0.1) is 0 Å². The van der Waals surface area contributed by atoms with Crippen LogP contribution in [0.15, 0.2) is 30.3 Å². The largest absolute Gasteiger partial charge is 0.465 e. The van der Waals surface area contributed by atoms with Gasteiger partial charge in [-0.3, -0.25) is 9.59 Å². The lowest BCUT2D eigenvalue weighted by molar-refractivity contribution is -0.120. The first-order chi connectivity index (χ1) is 9.91. The number of Topliss-reactive ketones (excluding diaryl/α,β-unsaturated/α-hetero) is 1. The highest BCUT2D eigenvalue weighted by Gasteiger charge is 2.23. The molecule has 0 aromatic heterocycles. The van der Waals surface area contributed by atoms with E-state index >= 15 is 0 Å². The normalized spacial score (nSPS) is 18.2. The first-order valence-corrected chi connectivity index (χ1v) is 6.53. The van der Waals surface area contributed by atoms with Crippen molar-refractivity contribution in [1.82, 2.24) is 4.90 Å². The number of rotatable bonds is 1. The summed E-state index contributed by atoms with van der Waals surface area (Å²) in [6.45, 7) is 0.352. The van der Waals surface area contributed by atoms with Crippen LogP contribution in [0.4, 0.5) is 4.79 Å². The van der Waals surface area contributed by atoms with Crippen LogP contribution >= 0.6 is 0 Å². The van der Waals surface area contributed by atoms with Crippen LogP contribution in [-0.4, -0.2) is 46.9 Å². The number of benzene rings is 1. The molecule has 2 amide bonds. The second kappa shape index (κ2) is 8.01. The highest BCUT2D eigenvalue weighted by atomic mass is 16.4. The number of hydrogen-bond acceptors (Lipinski definition) is 4. The molecule has 0 aliphatic carbocycles. The number of amides is 2. The van der Waals surface area contributed by atoms with E-state index in [0.29, 0.717) is 24.9 Å². The SMILES string of the molecule is NC(=O)c1ccccc1.NC1CCCN(C(=O)O)CC1=O. The van der Waals surface area contributed by atoms with Gasteiger partial charge in [-0.25, -0.2) is 4.79 Å². The van der Waals surface area contributed by atoms with Crippen molar-refractivity contribution in [2.75, 3.05) is 13.1 Å². The molecule has 1 fully saturated rings. The topological polar surface area (TPSA) is 127 Å². The van der Waals surface area contributed by atoms with Gasteiger partial charge in [0.15, 0.2) is 5.78 Å². The number of nitrogens with two attached hydrogens (primary N) is 2. The summed E-state index contributed by atoms with van der Waals surface area (Å²) in [6.07, 6.45) is 0.208. The molecule has 7 heteroatoms. The molecule has 21 heavy (non-hydrogen) atoms. The fourth-order valence-electron chi connectivity index (χ4n) is 1.81. The van der Waals surface area contributed by atoms with E-state index in [9.17, 15) is 14.4 Å². The Kier molecular flexibility index (Phi) is 6.35. The molecule has 1 saturated heterocycles. The molecule has 0 bridgehead atoms. The Morgan fingerprint density at radius 1 is 1.24 bits per heavy atom. The molecule has 1 atom stereocenters. The number of hydrogen-bond donors (Lipinski definition) is 3. The average Bonchev–Trinajstić information content (AvgIpc) is 2.63. The van der Waals surface area contributed by atoms with E-state index in [-0.39, 0.29) is 18.2 Å². The Labute approximate surface area is 122 Å². The van der Waals surface area contributed by atoms with Crippen LogP contribution in [0.25, 0.3) is 0 Å². The summed E-state index contributed by atoms with van der Waals surface area (Å²) in [6, 6.07) is 8.28. The summed E-state index contributed by atoms with van der Waals surface area (Å²) in [5, 5.41) is 8.60. The van der Waals surface area contributed by atoms with Crippen molar-refractivity contribution in [3.63, 3.8) is 0 Å². The minimum Gasteiger partial charge on any atom is -0.465 e. The Morgan fingerprint density at radius 3 is 2.33 bits per heavy atom.